The minimum absolute atomic E-state index is 0.0162. The molecule has 278 valence electrons. The number of aliphatic imine (C=N–C) groups is 1. The number of hydrogen-bond donors (Lipinski definition) is 1. The van der Waals surface area contributed by atoms with Gasteiger partial charge in [0.25, 0.3) is 0 Å². The molecule has 2 saturated heterocycles. The van der Waals surface area contributed by atoms with Crippen LogP contribution in [0.2, 0.25) is 0 Å². The minimum atomic E-state index is -0.611. The highest BCUT2D eigenvalue weighted by Crippen LogP contribution is 2.36. The molecule has 2 fully saturated rings. The normalized spacial score (nSPS) is 20.1. The average Bonchev–Trinajstić information content (AvgIpc) is 3.97. The third-order valence-corrected chi connectivity index (χ3v) is 10.8. The number of aromatic amines is 1. The summed E-state index contributed by atoms with van der Waals surface area (Å²) in [5.41, 5.74) is 6.63. The number of aromatic nitrogens is 2. The Morgan fingerprint density at radius 1 is 0.887 bits per heavy atom. The highest BCUT2D eigenvalue weighted by Gasteiger charge is 2.40. The molecule has 11 nitrogen and oxygen atoms in total. The Balaban J connectivity index is 1.04. The lowest BCUT2D eigenvalue weighted by atomic mass is 9.94. The fraction of sp³-hybridized carbons (Fsp3) is 0.452. The quantitative estimate of drug-likeness (QED) is 0.175. The molecular weight excluding hydrogens is 670 g/mol. The second kappa shape index (κ2) is 14.8. The Morgan fingerprint density at radius 2 is 1.55 bits per heavy atom. The van der Waals surface area contributed by atoms with Crippen LogP contribution in [-0.4, -0.2) is 88.5 Å². The van der Waals surface area contributed by atoms with Crippen molar-refractivity contribution in [1.82, 2.24) is 19.8 Å². The molecule has 4 aromatic rings. The van der Waals surface area contributed by atoms with E-state index in [0.717, 1.165) is 81.3 Å². The van der Waals surface area contributed by atoms with Crippen molar-refractivity contribution in [2.75, 3.05) is 27.3 Å². The summed E-state index contributed by atoms with van der Waals surface area (Å²) < 4.78 is 16.0. The highest BCUT2D eigenvalue weighted by atomic mass is 16.6. The van der Waals surface area contributed by atoms with Gasteiger partial charge in [-0.05, 0) is 111 Å². The number of H-pyrrole nitrogens is 1. The van der Waals surface area contributed by atoms with Gasteiger partial charge in [-0.1, -0.05) is 30.3 Å². The van der Waals surface area contributed by atoms with Gasteiger partial charge in [0.1, 0.15) is 11.4 Å². The van der Waals surface area contributed by atoms with Crippen LogP contribution in [0.4, 0.5) is 4.79 Å². The molecular formula is C42H49N5O6. The van der Waals surface area contributed by atoms with Gasteiger partial charge in [-0.2, -0.15) is 0 Å². The third-order valence-electron chi connectivity index (χ3n) is 10.8. The van der Waals surface area contributed by atoms with Gasteiger partial charge in [-0.3, -0.25) is 19.5 Å². The van der Waals surface area contributed by atoms with E-state index in [-0.39, 0.29) is 30.5 Å². The maximum Gasteiger partial charge on any atom is 0.410 e. The standard InChI is InChI=1S/C42H49N5O6/c1-25(51-5)32(23-38(48)52-6)40(49)46-17-7-9-36(46)35-22-31(24-43-35)29-14-13-26-19-28(12-11-27(26)20-29)30-15-16-33-34(21-30)45-39(44-33)37-10-8-18-47(37)41(50)53-42(2,3)4/h11-16,19-21,24-25,32,36-37H,7-10,17-18,22-23H2,1-6H3,(H,44,45)/t25-,32+,36?,37+/m1/s1. The first-order valence-corrected chi connectivity index (χ1v) is 18.6. The molecule has 4 heterocycles. The topological polar surface area (TPSA) is 126 Å². The summed E-state index contributed by atoms with van der Waals surface area (Å²) in [4.78, 5) is 55.6. The maximum atomic E-state index is 13.7. The van der Waals surface area contributed by atoms with Crippen LogP contribution in [0.3, 0.4) is 0 Å². The SMILES string of the molecule is COC(=O)C[C@H](C(=O)N1CCCC1C1=NC=C(c2ccc3cc(-c4ccc5nc([C@@H]6CCCN6C(=O)OC(C)(C)C)[nH]c5c4)ccc3c2)C1)[C@@H](C)OC. The molecule has 4 atom stereocenters. The molecule has 7 rings (SSSR count). The van der Waals surface area contributed by atoms with Crippen LogP contribution in [0.1, 0.15) is 83.6 Å². The monoisotopic (exact) mass is 719 g/mol. The maximum absolute atomic E-state index is 13.7. The Kier molecular flexibility index (Phi) is 10.1. The van der Waals surface area contributed by atoms with E-state index in [1.165, 1.54) is 7.11 Å². The summed E-state index contributed by atoms with van der Waals surface area (Å²) in [6, 6.07) is 19.0. The van der Waals surface area contributed by atoms with Gasteiger partial charge in [0.2, 0.25) is 5.91 Å². The smallest absolute Gasteiger partial charge is 0.410 e. The van der Waals surface area contributed by atoms with Crippen molar-refractivity contribution < 1.29 is 28.6 Å². The molecule has 0 radical (unpaired) electrons. The number of esters is 1. The molecule has 3 aliphatic rings. The van der Waals surface area contributed by atoms with Crippen LogP contribution >= 0.6 is 0 Å². The number of fused-ring (bicyclic) bond motifs is 2. The summed E-state index contributed by atoms with van der Waals surface area (Å²) >= 11 is 0. The molecule has 2 amide bonds. The first-order valence-electron chi connectivity index (χ1n) is 18.6. The van der Waals surface area contributed by atoms with E-state index in [2.05, 4.69) is 53.5 Å². The molecule has 3 aliphatic heterocycles. The van der Waals surface area contributed by atoms with Crippen molar-refractivity contribution in [3.05, 3.63) is 72.2 Å². The van der Waals surface area contributed by atoms with Crippen molar-refractivity contribution in [2.45, 2.75) is 90.0 Å². The number of allylic oxidation sites excluding steroid dienone is 1. The summed E-state index contributed by atoms with van der Waals surface area (Å²) in [6.45, 7) is 8.76. The summed E-state index contributed by atoms with van der Waals surface area (Å²) in [5, 5.41) is 2.26. The van der Waals surface area contributed by atoms with Gasteiger partial charge in [-0.25, -0.2) is 9.78 Å². The Hall–Kier alpha value is -5.03. The zero-order valence-corrected chi connectivity index (χ0v) is 31.5. The number of carbonyl (C=O) groups excluding carboxylic acids is 3. The minimum Gasteiger partial charge on any atom is -0.469 e. The molecule has 1 aromatic heterocycles. The Morgan fingerprint density at radius 3 is 2.26 bits per heavy atom. The van der Waals surface area contributed by atoms with E-state index in [1.54, 1.807) is 12.0 Å². The van der Waals surface area contributed by atoms with Crippen molar-refractivity contribution in [1.29, 1.82) is 0 Å². The Labute approximate surface area is 310 Å². The molecule has 11 heteroatoms. The van der Waals surface area contributed by atoms with Crippen LogP contribution in [0.5, 0.6) is 0 Å². The zero-order valence-electron chi connectivity index (χ0n) is 31.5. The number of likely N-dealkylation sites (tertiary alicyclic amines) is 2. The number of methoxy groups -OCH3 is 2. The van der Waals surface area contributed by atoms with Crippen LogP contribution < -0.4 is 0 Å². The van der Waals surface area contributed by atoms with E-state index >= 15 is 0 Å². The van der Waals surface area contributed by atoms with Gasteiger partial charge in [0, 0.05) is 38.5 Å². The lowest BCUT2D eigenvalue weighted by Gasteiger charge is -2.31. The third kappa shape index (κ3) is 7.58. The number of rotatable bonds is 9. The van der Waals surface area contributed by atoms with Crippen molar-refractivity contribution in [3.63, 3.8) is 0 Å². The van der Waals surface area contributed by atoms with Gasteiger partial charge in [0.05, 0.1) is 48.7 Å². The molecule has 0 bridgehead atoms. The van der Waals surface area contributed by atoms with E-state index in [9.17, 15) is 14.4 Å². The number of nitrogens with one attached hydrogen (secondary N) is 1. The van der Waals surface area contributed by atoms with Gasteiger partial charge >= 0.3 is 12.1 Å². The van der Waals surface area contributed by atoms with Crippen molar-refractivity contribution >= 4 is 51.1 Å². The first kappa shape index (κ1) is 36.3. The predicted octanol–water partition coefficient (Wildman–Crippen LogP) is 7.85. The van der Waals surface area contributed by atoms with E-state index in [4.69, 9.17) is 24.2 Å². The fourth-order valence-electron chi connectivity index (χ4n) is 7.88. The molecule has 1 N–H and O–H groups in total. The number of ether oxygens (including phenoxy) is 3. The molecule has 0 saturated carbocycles. The molecule has 53 heavy (non-hydrogen) atoms. The van der Waals surface area contributed by atoms with Crippen LogP contribution in [-0.2, 0) is 23.8 Å². The number of carbonyl (C=O) groups is 3. The molecule has 3 aromatic carbocycles. The highest BCUT2D eigenvalue weighted by molar-refractivity contribution is 6.04. The summed E-state index contributed by atoms with van der Waals surface area (Å²) in [5.74, 6) is -0.332. The number of imidazole rings is 1. The van der Waals surface area contributed by atoms with Crippen LogP contribution in [0.15, 0.2) is 65.8 Å². The largest absolute Gasteiger partial charge is 0.469 e. The zero-order chi connectivity index (χ0) is 37.4. The summed E-state index contributed by atoms with van der Waals surface area (Å²) in [7, 11) is 2.89. The second-order valence-electron chi connectivity index (χ2n) is 15.4. The number of amides is 2. The number of hydrogen-bond acceptors (Lipinski definition) is 8. The molecule has 1 unspecified atom stereocenters. The van der Waals surface area contributed by atoms with Gasteiger partial charge < -0.3 is 24.1 Å². The second-order valence-corrected chi connectivity index (χ2v) is 15.4. The van der Waals surface area contributed by atoms with Gasteiger partial charge in [0.15, 0.2) is 0 Å². The van der Waals surface area contributed by atoms with E-state index in [1.807, 2.05) is 44.9 Å². The van der Waals surface area contributed by atoms with E-state index < -0.39 is 23.6 Å². The van der Waals surface area contributed by atoms with Crippen LogP contribution in [0.25, 0.3) is 38.5 Å². The number of nitrogens with zero attached hydrogens (tertiary/aromatic N) is 4. The predicted molar refractivity (Wildman–Crippen MR) is 205 cm³/mol. The number of benzene rings is 3. The summed E-state index contributed by atoms with van der Waals surface area (Å²) in [6.07, 6.45) is 5.35. The molecule has 0 aliphatic carbocycles. The van der Waals surface area contributed by atoms with Crippen LogP contribution in [0, 0.1) is 5.92 Å². The van der Waals surface area contributed by atoms with Gasteiger partial charge in [-0.15, -0.1) is 0 Å². The molecule has 0 spiro atoms. The fourth-order valence-corrected chi connectivity index (χ4v) is 7.88. The average molecular weight is 720 g/mol. The lowest BCUT2D eigenvalue weighted by molar-refractivity contribution is -0.150. The Bertz CT molecular complexity index is 2110. The van der Waals surface area contributed by atoms with Crippen molar-refractivity contribution in [2.24, 2.45) is 10.9 Å². The van der Waals surface area contributed by atoms with Crippen molar-refractivity contribution in [3.8, 4) is 11.1 Å². The lowest BCUT2D eigenvalue weighted by Crippen LogP contribution is -2.46. The van der Waals surface area contributed by atoms with E-state index in [0.29, 0.717) is 19.5 Å². The first-order chi connectivity index (χ1) is 25.4.